The quantitative estimate of drug-likeness (QED) is 0.465. The van der Waals surface area contributed by atoms with Gasteiger partial charge in [0.05, 0.1) is 16.5 Å². The van der Waals surface area contributed by atoms with Crippen molar-refractivity contribution < 1.29 is 19.0 Å². The number of benzene rings is 2. The third-order valence-corrected chi connectivity index (χ3v) is 5.44. The Morgan fingerprint density at radius 3 is 2.53 bits per heavy atom. The van der Waals surface area contributed by atoms with Crippen molar-refractivity contribution in [2.75, 3.05) is 19.8 Å². The molecule has 0 atom stereocenters. The third-order valence-electron chi connectivity index (χ3n) is 4.34. The summed E-state index contributed by atoms with van der Waals surface area (Å²) < 4.78 is 17.3. The van der Waals surface area contributed by atoms with Gasteiger partial charge in [0, 0.05) is 0 Å². The van der Waals surface area contributed by atoms with Gasteiger partial charge in [-0.25, -0.2) is 0 Å². The maximum absolute atomic E-state index is 11.8. The summed E-state index contributed by atoms with van der Waals surface area (Å²) in [5.74, 6) is 1.35. The molecule has 1 aliphatic rings. The number of amides is 1. The van der Waals surface area contributed by atoms with Gasteiger partial charge in [-0.15, -0.1) is 0 Å². The van der Waals surface area contributed by atoms with E-state index < -0.39 is 0 Å². The van der Waals surface area contributed by atoms with E-state index in [9.17, 15) is 4.79 Å². The third kappa shape index (κ3) is 5.49. The molecule has 2 aromatic carbocycles. The number of aliphatic imine (C=N–C) groups is 1. The maximum atomic E-state index is 11.8. The monoisotopic (exact) mass is 446 g/mol. The number of carbonyl (C=O) groups is 1. The lowest BCUT2D eigenvalue weighted by Crippen LogP contribution is -2.10. The highest BCUT2D eigenvalue weighted by Crippen LogP contribution is 2.38. The van der Waals surface area contributed by atoms with Gasteiger partial charge in [-0.3, -0.25) is 4.79 Å². The molecule has 30 heavy (non-hydrogen) atoms. The predicted octanol–water partition coefficient (Wildman–Crippen LogP) is 4.74. The Hall–Kier alpha value is -2.64. The summed E-state index contributed by atoms with van der Waals surface area (Å²) in [7, 11) is 0. The highest BCUT2D eigenvalue weighted by atomic mass is 35.5. The molecule has 3 rings (SSSR count). The molecule has 2 N–H and O–H groups in total. The molecule has 0 bridgehead atoms. The van der Waals surface area contributed by atoms with Gasteiger partial charge >= 0.3 is 0 Å². The van der Waals surface area contributed by atoms with Crippen LogP contribution in [-0.4, -0.2) is 30.9 Å². The van der Waals surface area contributed by atoms with Crippen molar-refractivity contribution in [2.45, 2.75) is 20.8 Å². The Bertz CT molecular complexity index is 1020. The average Bonchev–Trinajstić information content (AvgIpc) is 3.00. The molecule has 6 nitrogen and oxygen atoms in total. The molecule has 1 aliphatic heterocycles. The summed E-state index contributed by atoms with van der Waals surface area (Å²) in [4.78, 5) is 16.0. The first-order valence-corrected chi connectivity index (χ1v) is 10.6. The van der Waals surface area contributed by atoms with Crippen molar-refractivity contribution >= 4 is 40.5 Å². The van der Waals surface area contributed by atoms with Gasteiger partial charge in [-0.05, 0) is 79.6 Å². The summed E-state index contributed by atoms with van der Waals surface area (Å²) >= 11 is 7.56. The van der Waals surface area contributed by atoms with E-state index in [0.29, 0.717) is 46.8 Å². The molecule has 1 heterocycles. The molecule has 8 heteroatoms. The van der Waals surface area contributed by atoms with Gasteiger partial charge in [0.15, 0.2) is 16.7 Å². The highest BCUT2D eigenvalue weighted by Gasteiger charge is 2.20. The number of thioether (sulfide) groups is 1. The predicted molar refractivity (Wildman–Crippen MR) is 122 cm³/mol. The number of halogens is 1. The average molecular weight is 447 g/mol. The van der Waals surface area contributed by atoms with Crippen LogP contribution in [0.25, 0.3) is 6.08 Å². The van der Waals surface area contributed by atoms with E-state index in [1.807, 2.05) is 32.0 Å². The van der Waals surface area contributed by atoms with E-state index in [2.05, 4.69) is 11.9 Å². The van der Waals surface area contributed by atoms with Crippen LogP contribution in [0, 0.1) is 13.8 Å². The lowest BCUT2D eigenvalue weighted by Gasteiger charge is -2.15. The van der Waals surface area contributed by atoms with Crippen molar-refractivity contribution in [1.82, 2.24) is 0 Å². The molecule has 0 unspecified atom stereocenters. The topological polar surface area (TPSA) is 83.1 Å². The number of carbonyl (C=O) groups excluding carboxylic acids is 1. The van der Waals surface area contributed by atoms with Crippen LogP contribution in [0.15, 0.2) is 40.2 Å². The first-order chi connectivity index (χ1) is 14.4. The molecular formula is C22H23ClN2O4S. The molecule has 0 spiro atoms. The molecule has 0 aliphatic carbocycles. The highest BCUT2D eigenvalue weighted by molar-refractivity contribution is 8.18. The van der Waals surface area contributed by atoms with Crippen molar-refractivity contribution in [3.05, 3.63) is 56.9 Å². The SMILES string of the molecule is CCOc1cc(/C=C2\SC(N)=NC2=O)cc(Cl)c1OCCOc1ccc(C)c(C)c1. The first kappa shape index (κ1) is 22.1. The van der Waals surface area contributed by atoms with Crippen LogP contribution in [0.3, 0.4) is 0 Å². The minimum Gasteiger partial charge on any atom is -0.490 e. The maximum Gasteiger partial charge on any atom is 0.286 e. The Morgan fingerprint density at radius 2 is 1.87 bits per heavy atom. The number of amidine groups is 1. The van der Waals surface area contributed by atoms with E-state index in [0.717, 1.165) is 17.5 Å². The van der Waals surface area contributed by atoms with Gasteiger partial charge in [-0.2, -0.15) is 4.99 Å². The molecule has 0 saturated carbocycles. The second kappa shape index (κ2) is 9.91. The van der Waals surface area contributed by atoms with E-state index >= 15 is 0 Å². The lowest BCUT2D eigenvalue weighted by atomic mass is 10.1. The second-order valence-electron chi connectivity index (χ2n) is 6.57. The van der Waals surface area contributed by atoms with Crippen LogP contribution in [0.4, 0.5) is 0 Å². The number of nitrogens with zero attached hydrogens (tertiary/aromatic N) is 1. The van der Waals surface area contributed by atoms with Crippen molar-refractivity contribution in [3.8, 4) is 17.2 Å². The minimum atomic E-state index is -0.365. The van der Waals surface area contributed by atoms with Crippen LogP contribution >= 0.6 is 23.4 Å². The molecule has 0 aromatic heterocycles. The number of nitrogens with two attached hydrogens (primary N) is 1. The van der Waals surface area contributed by atoms with E-state index in [1.54, 1.807) is 18.2 Å². The van der Waals surface area contributed by atoms with Crippen molar-refractivity contribution in [1.29, 1.82) is 0 Å². The first-order valence-electron chi connectivity index (χ1n) is 9.44. The minimum absolute atomic E-state index is 0.228. The standard InChI is InChI=1S/C22H23ClN2O4S/c1-4-27-18-11-15(12-19-21(26)25-22(24)30-19)10-17(23)20(18)29-8-7-28-16-6-5-13(2)14(3)9-16/h5-6,9-12H,4,7-8H2,1-3H3,(H2,24,25,26)/b19-12-. The van der Waals surface area contributed by atoms with Crippen LogP contribution in [0.2, 0.25) is 5.02 Å². The smallest absolute Gasteiger partial charge is 0.286 e. The molecule has 0 saturated heterocycles. The van der Waals surface area contributed by atoms with Crippen LogP contribution < -0.4 is 19.9 Å². The fourth-order valence-electron chi connectivity index (χ4n) is 2.76. The molecular weight excluding hydrogens is 424 g/mol. The van der Waals surface area contributed by atoms with E-state index in [1.165, 1.54) is 11.1 Å². The van der Waals surface area contributed by atoms with Gasteiger partial charge in [0.2, 0.25) is 0 Å². The Kier molecular flexibility index (Phi) is 7.29. The summed E-state index contributed by atoms with van der Waals surface area (Å²) in [5, 5.41) is 0.606. The van der Waals surface area contributed by atoms with Crippen LogP contribution in [0.5, 0.6) is 17.2 Å². The molecule has 2 aromatic rings. The molecule has 0 fully saturated rings. The molecule has 1 amide bonds. The van der Waals surface area contributed by atoms with Gasteiger partial charge in [0.25, 0.3) is 5.91 Å². The number of hydrogen-bond acceptors (Lipinski definition) is 6. The fraction of sp³-hybridized carbons (Fsp3) is 0.273. The number of ether oxygens (including phenoxy) is 3. The zero-order valence-corrected chi connectivity index (χ0v) is 18.6. The summed E-state index contributed by atoms with van der Waals surface area (Å²) in [6.45, 7) is 7.07. The molecule has 158 valence electrons. The Balaban J connectivity index is 1.68. The van der Waals surface area contributed by atoms with Crippen molar-refractivity contribution in [2.24, 2.45) is 10.7 Å². The largest absolute Gasteiger partial charge is 0.490 e. The summed E-state index contributed by atoms with van der Waals surface area (Å²) in [5.41, 5.74) is 8.68. The van der Waals surface area contributed by atoms with E-state index in [-0.39, 0.29) is 11.1 Å². The number of rotatable bonds is 8. The summed E-state index contributed by atoms with van der Waals surface area (Å²) in [6, 6.07) is 9.43. The Morgan fingerprint density at radius 1 is 1.10 bits per heavy atom. The van der Waals surface area contributed by atoms with Gasteiger partial charge in [0.1, 0.15) is 19.0 Å². The second-order valence-corrected chi connectivity index (χ2v) is 8.04. The molecule has 0 radical (unpaired) electrons. The van der Waals surface area contributed by atoms with Crippen LogP contribution in [0.1, 0.15) is 23.6 Å². The number of hydrogen-bond donors (Lipinski definition) is 1. The summed E-state index contributed by atoms with van der Waals surface area (Å²) in [6.07, 6.45) is 1.68. The normalized spacial score (nSPS) is 14.7. The zero-order valence-electron chi connectivity index (χ0n) is 17.0. The number of aryl methyl sites for hydroxylation is 2. The van der Waals surface area contributed by atoms with Gasteiger partial charge < -0.3 is 19.9 Å². The fourth-order valence-corrected chi connectivity index (χ4v) is 3.71. The van der Waals surface area contributed by atoms with Crippen molar-refractivity contribution in [3.63, 3.8) is 0 Å². The van der Waals surface area contributed by atoms with Crippen LogP contribution in [-0.2, 0) is 4.79 Å². The zero-order chi connectivity index (χ0) is 21.7. The van der Waals surface area contributed by atoms with Gasteiger partial charge in [-0.1, -0.05) is 17.7 Å². The van der Waals surface area contributed by atoms with E-state index in [4.69, 9.17) is 31.5 Å². The lowest BCUT2D eigenvalue weighted by molar-refractivity contribution is -0.113. The Labute approximate surface area is 185 Å².